The van der Waals surface area contributed by atoms with E-state index in [9.17, 15) is 14.4 Å². The number of hydrogen-bond acceptors (Lipinski definition) is 18. The van der Waals surface area contributed by atoms with Gasteiger partial charge in [0.2, 0.25) is 0 Å². The topological polar surface area (TPSA) is 223 Å². The highest BCUT2D eigenvalue weighted by atomic mass is 16.5. The first kappa shape index (κ1) is 35.4. The Hall–Kier alpha value is -9.06. The Bertz CT molecular complexity index is 2540. The molecule has 11 rings (SSSR count). The molecule has 18 heteroatoms. The summed E-state index contributed by atoms with van der Waals surface area (Å²) in [5.74, 6) is 1.12. The van der Waals surface area contributed by atoms with Crippen LogP contribution < -0.4 is 28.4 Å². The van der Waals surface area contributed by atoms with Gasteiger partial charge in [0.25, 0.3) is 0 Å². The summed E-state index contributed by atoms with van der Waals surface area (Å²) in [5.41, 5.74) is 2.94. The summed E-state index contributed by atoms with van der Waals surface area (Å²) in [6.07, 6.45) is 2.17. The Morgan fingerprint density at radius 3 is 0.667 bits per heavy atom. The highest BCUT2D eigenvalue weighted by molar-refractivity contribution is 5.77. The van der Waals surface area contributed by atoms with E-state index in [-0.39, 0.29) is 88.0 Å². The molecule has 3 aliphatic heterocycles. The Kier molecular flexibility index (Phi) is 8.71. The van der Waals surface area contributed by atoms with Crippen molar-refractivity contribution in [3.63, 3.8) is 0 Å². The SMILES string of the molecule is O=Cc1ccc(-c2nc3nc(n2)Oc2cc4cc(c2)Oc2nc(nc(-c5ccc(C=O)cc5)n2)Oc2cc(cc(c2)Oc2nc(nc(-c5ccc(C=O)cc5)n2)O4)O3)cc1. The molecule has 288 valence electrons. The van der Waals surface area contributed by atoms with Crippen molar-refractivity contribution in [1.82, 2.24) is 44.9 Å². The first-order valence-electron chi connectivity index (χ1n) is 17.7. The number of nitrogens with zero attached hydrogens (tertiary/aromatic N) is 9. The first-order valence-corrected chi connectivity index (χ1v) is 17.7. The van der Waals surface area contributed by atoms with Gasteiger partial charge in [0, 0.05) is 69.8 Å². The number of ether oxygens (including phenoxy) is 6. The third-order valence-corrected chi connectivity index (χ3v) is 8.66. The van der Waals surface area contributed by atoms with E-state index in [2.05, 4.69) is 44.9 Å². The van der Waals surface area contributed by atoms with E-state index >= 15 is 0 Å². The van der Waals surface area contributed by atoms with Gasteiger partial charge in [-0.05, 0) is 0 Å². The fraction of sp³-hybridized carbons (Fsp3) is 0. The average Bonchev–Trinajstić information content (AvgIpc) is 3.25. The zero-order valence-corrected chi connectivity index (χ0v) is 30.3. The third-order valence-electron chi connectivity index (χ3n) is 8.66. The molecule has 0 unspecified atom stereocenters. The molecular formula is C42H21N9O9. The number of aromatic nitrogens is 9. The summed E-state index contributed by atoms with van der Waals surface area (Å²) in [7, 11) is 0. The van der Waals surface area contributed by atoms with Crippen LogP contribution in [0.5, 0.6) is 70.6 Å². The standard InChI is InChI=1S/C42H21N9O9/c52-19-22-1-7-25(8-2-22)34-43-37-49-38(44-34)56-29-14-31-18-33(16-29)60-42-48-36(27-11-5-24(21-54)6-12-27)47-41(51-42)59-32-15-28(55-37)13-30(17-32)57-39-45-35(46-40(50-39)58-31)26-9-3-23(20-53)4-10-26/h1-21H. The number of aldehydes is 3. The normalized spacial score (nSPS) is 12.0. The van der Waals surface area contributed by atoms with Gasteiger partial charge >= 0.3 is 36.1 Å². The number of rotatable bonds is 6. The molecule has 0 aliphatic carbocycles. The van der Waals surface area contributed by atoms with Gasteiger partial charge in [0.15, 0.2) is 17.5 Å². The van der Waals surface area contributed by atoms with E-state index < -0.39 is 0 Å². The monoisotopic (exact) mass is 795 g/mol. The Labute approximate surface area is 336 Å². The summed E-state index contributed by atoms with van der Waals surface area (Å²) in [4.78, 5) is 74.7. The maximum absolute atomic E-state index is 11.4. The summed E-state index contributed by atoms with van der Waals surface area (Å²) < 4.78 is 37.5. The minimum Gasteiger partial charge on any atom is -0.424 e. The highest BCUT2D eigenvalue weighted by Gasteiger charge is 2.21. The summed E-state index contributed by atoms with van der Waals surface area (Å²) in [6, 6.07) is 27.6. The second-order valence-corrected chi connectivity index (χ2v) is 12.8. The van der Waals surface area contributed by atoms with E-state index in [0.29, 0.717) is 33.4 Å². The van der Waals surface area contributed by atoms with Crippen LogP contribution >= 0.6 is 0 Å². The molecule has 5 aromatic carbocycles. The summed E-state index contributed by atoms with van der Waals surface area (Å²) in [6.45, 7) is 0. The maximum Gasteiger partial charge on any atom is 0.328 e. The number of carbonyl (C=O) groups excluding carboxylic acids is 3. The molecule has 3 aliphatic rings. The molecule has 0 amide bonds. The van der Waals surface area contributed by atoms with Gasteiger partial charge in [-0.25, -0.2) is 0 Å². The third kappa shape index (κ3) is 7.44. The summed E-state index contributed by atoms with van der Waals surface area (Å²) >= 11 is 0. The predicted molar refractivity (Wildman–Crippen MR) is 205 cm³/mol. The van der Waals surface area contributed by atoms with Crippen LogP contribution in [0.4, 0.5) is 0 Å². The minimum atomic E-state index is -0.187. The lowest BCUT2D eigenvalue weighted by Crippen LogP contribution is -2.05. The molecule has 0 spiro atoms. The van der Waals surface area contributed by atoms with Crippen LogP contribution in [0.3, 0.4) is 0 Å². The minimum absolute atomic E-state index is 0.107. The molecule has 3 aromatic heterocycles. The highest BCUT2D eigenvalue weighted by Crippen LogP contribution is 2.39. The smallest absolute Gasteiger partial charge is 0.328 e. The molecule has 0 saturated carbocycles. The van der Waals surface area contributed by atoms with Crippen molar-refractivity contribution in [3.05, 3.63) is 126 Å². The van der Waals surface area contributed by atoms with Crippen molar-refractivity contribution >= 4 is 18.9 Å². The molecule has 8 aromatic rings. The summed E-state index contributed by atoms with van der Waals surface area (Å²) in [5, 5.41) is 0. The zero-order chi connectivity index (χ0) is 40.6. The van der Waals surface area contributed by atoms with Crippen LogP contribution in [0, 0.1) is 0 Å². The lowest BCUT2D eigenvalue weighted by atomic mass is 10.1. The van der Waals surface area contributed by atoms with Gasteiger partial charge < -0.3 is 28.4 Å². The van der Waals surface area contributed by atoms with Crippen LogP contribution in [0.25, 0.3) is 34.2 Å². The van der Waals surface area contributed by atoms with E-state index in [1.54, 1.807) is 72.8 Å². The van der Waals surface area contributed by atoms with Crippen molar-refractivity contribution in [2.24, 2.45) is 0 Å². The Morgan fingerprint density at radius 2 is 0.483 bits per heavy atom. The van der Waals surface area contributed by atoms with Crippen molar-refractivity contribution < 1.29 is 42.8 Å². The molecule has 12 bridgehead atoms. The molecular weight excluding hydrogens is 775 g/mol. The van der Waals surface area contributed by atoms with Crippen LogP contribution in [-0.4, -0.2) is 63.7 Å². The number of benzene rings is 5. The fourth-order valence-electron chi connectivity index (χ4n) is 5.88. The molecule has 0 fully saturated rings. The fourth-order valence-corrected chi connectivity index (χ4v) is 5.88. The Morgan fingerprint density at radius 1 is 0.283 bits per heavy atom. The van der Waals surface area contributed by atoms with E-state index in [1.165, 1.54) is 36.4 Å². The van der Waals surface area contributed by atoms with Crippen LogP contribution in [-0.2, 0) is 0 Å². The largest absolute Gasteiger partial charge is 0.424 e. The van der Waals surface area contributed by atoms with Crippen LogP contribution in [0.1, 0.15) is 31.1 Å². The number of carbonyl (C=O) groups is 3. The molecule has 18 nitrogen and oxygen atoms in total. The van der Waals surface area contributed by atoms with E-state index in [0.717, 1.165) is 18.9 Å². The predicted octanol–water partition coefficient (Wildman–Crippen LogP) is 8.06. The molecule has 0 radical (unpaired) electrons. The van der Waals surface area contributed by atoms with Gasteiger partial charge in [-0.3, -0.25) is 14.4 Å². The second-order valence-electron chi connectivity index (χ2n) is 12.8. The van der Waals surface area contributed by atoms with Gasteiger partial charge in [-0.2, -0.15) is 29.9 Å². The van der Waals surface area contributed by atoms with Gasteiger partial charge in [-0.1, -0.05) is 72.8 Å². The first-order chi connectivity index (χ1) is 29.4. The van der Waals surface area contributed by atoms with Crippen molar-refractivity contribution in [1.29, 1.82) is 0 Å². The van der Waals surface area contributed by atoms with E-state index in [1.807, 2.05) is 0 Å². The van der Waals surface area contributed by atoms with Gasteiger partial charge in [0.1, 0.15) is 53.4 Å². The number of hydrogen-bond donors (Lipinski definition) is 0. The molecule has 0 N–H and O–H groups in total. The second kappa shape index (κ2) is 14.8. The molecule has 6 heterocycles. The van der Waals surface area contributed by atoms with Gasteiger partial charge in [0.05, 0.1) is 0 Å². The van der Waals surface area contributed by atoms with Crippen molar-refractivity contribution in [2.45, 2.75) is 0 Å². The van der Waals surface area contributed by atoms with E-state index in [4.69, 9.17) is 28.4 Å². The maximum atomic E-state index is 11.4. The Balaban J connectivity index is 1.18. The lowest BCUT2D eigenvalue weighted by molar-refractivity contribution is 0.111. The van der Waals surface area contributed by atoms with Gasteiger partial charge in [-0.15, -0.1) is 15.0 Å². The molecule has 60 heavy (non-hydrogen) atoms. The van der Waals surface area contributed by atoms with Crippen LogP contribution in [0.2, 0.25) is 0 Å². The average molecular weight is 796 g/mol. The lowest BCUT2D eigenvalue weighted by Gasteiger charge is -2.16. The quantitative estimate of drug-likeness (QED) is 0.145. The molecule has 0 saturated heterocycles. The molecule has 0 atom stereocenters. The van der Waals surface area contributed by atoms with Crippen molar-refractivity contribution in [3.8, 4) is 105 Å². The zero-order valence-electron chi connectivity index (χ0n) is 30.3. The van der Waals surface area contributed by atoms with Crippen molar-refractivity contribution in [2.75, 3.05) is 0 Å². The van der Waals surface area contributed by atoms with Crippen LogP contribution in [0.15, 0.2) is 109 Å².